The van der Waals surface area contributed by atoms with E-state index in [4.69, 9.17) is 21.1 Å². The molecule has 0 aromatic heterocycles. The minimum atomic E-state index is -0.551. The first-order valence-electron chi connectivity index (χ1n) is 11.0. The highest BCUT2D eigenvalue weighted by Crippen LogP contribution is 2.35. The standard InChI is InChI=1S/C27H21ClFNO5S/c1-2-34-24-13-17(7-12-23(24)35-16-19-5-3-4-6-21(19)29)14-25-26(32)30(27(33)36-25)15-22(31)18-8-10-20(28)11-9-18/h3-14H,2,15-16H2,1H3/b25-14+. The molecule has 184 valence electrons. The summed E-state index contributed by atoms with van der Waals surface area (Å²) in [6.45, 7) is 1.84. The highest BCUT2D eigenvalue weighted by molar-refractivity contribution is 8.18. The van der Waals surface area contributed by atoms with Crippen LogP contribution in [-0.4, -0.2) is 35.0 Å². The first-order valence-corrected chi connectivity index (χ1v) is 12.2. The maximum Gasteiger partial charge on any atom is 0.293 e. The first kappa shape index (κ1) is 25.5. The highest BCUT2D eigenvalue weighted by atomic mass is 35.5. The largest absolute Gasteiger partial charge is 0.490 e. The van der Waals surface area contributed by atoms with Crippen LogP contribution in [0.5, 0.6) is 11.5 Å². The van der Waals surface area contributed by atoms with Crippen molar-refractivity contribution in [3.8, 4) is 11.5 Å². The van der Waals surface area contributed by atoms with Gasteiger partial charge in [-0.05, 0) is 72.8 Å². The summed E-state index contributed by atoms with van der Waals surface area (Å²) in [5, 5.41) is -0.0424. The fourth-order valence-electron chi connectivity index (χ4n) is 3.43. The topological polar surface area (TPSA) is 72.9 Å². The van der Waals surface area contributed by atoms with Gasteiger partial charge in [-0.1, -0.05) is 35.9 Å². The summed E-state index contributed by atoms with van der Waals surface area (Å²) in [5.41, 5.74) is 1.37. The van der Waals surface area contributed by atoms with E-state index in [1.165, 1.54) is 6.07 Å². The summed E-state index contributed by atoms with van der Waals surface area (Å²) in [4.78, 5) is 39.0. The molecule has 6 nitrogen and oxygen atoms in total. The van der Waals surface area contributed by atoms with Crippen LogP contribution in [0.1, 0.15) is 28.4 Å². The predicted molar refractivity (Wildman–Crippen MR) is 137 cm³/mol. The molecule has 0 radical (unpaired) electrons. The van der Waals surface area contributed by atoms with Crippen molar-refractivity contribution >= 4 is 46.4 Å². The third-order valence-electron chi connectivity index (χ3n) is 5.25. The third kappa shape index (κ3) is 5.95. The summed E-state index contributed by atoms with van der Waals surface area (Å²) < 4.78 is 25.3. The Kier molecular flexibility index (Phi) is 8.07. The van der Waals surface area contributed by atoms with Gasteiger partial charge in [0.15, 0.2) is 17.3 Å². The molecule has 0 spiro atoms. The molecule has 0 saturated carbocycles. The number of halogens is 2. The number of benzene rings is 3. The van der Waals surface area contributed by atoms with E-state index in [0.29, 0.717) is 39.8 Å². The molecule has 3 aromatic carbocycles. The number of rotatable bonds is 9. The van der Waals surface area contributed by atoms with Crippen molar-refractivity contribution in [1.82, 2.24) is 4.90 Å². The van der Waals surface area contributed by atoms with E-state index >= 15 is 0 Å². The number of carbonyl (C=O) groups excluding carboxylic acids is 3. The molecular formula is C27H21ClFNO5S. The Labute approximate surface area is 216 Å². The maximum absolute atomic E-state index is 13.9. The first-order chi connectivity index (χ1) is 17.4. The van der Waals surface area contributed by atoms with Gasteiger partial charge >= 0.3 is 0 Å². The van der Waals surface area contributed by atoms with Crippen molar-refractivity contribution in [2.75, 3.05) is 13.2 Å². The Balaban J connectivity index is 1.49. The number of hydrogen-bond donors (Lipinski definition) is 0. The molecule has 1 saturated heterocycles. The average Bonchev–Trinajstić information content (AvgIpc) is 3.12. The van der Waals surface area contributed by atoms with Gasteiger partial charge in [-0.25, -0.2) is 4.39 Å². The van der Waals surface area contributed by atoms with Crippen LogP contribution in [0, 0.1) is 5.82 Å². The van der Waals surface area contributed by atoms with E-state index in [2.05, 4.69) is 0 Å². The summed E-state index contributed by atoms with van der Waals surface area (Å²) >= 11 is 6.61. The van der Waals surface area contributed by atoms with Crippen molar-refractivity contribution in [2.24, 2.45) is 0 Å². The minimum Gasteiger partial charge on any atom is -0.490 e. The number of hydrogen-bond acceptors (Lipinski definition) is 6. The van der Waals surface area contributed by atoms with Crippen LogP contribution in [0.2, 0.25) is 5.02 Å². The lowest BCUT2D eigenvalue weighted by molar-refractivity contribution is -0.122. The van der Waals surface area contributed by atoms with E-state index < -0.39 is 11.1 Å². The molecule has 36 heavy (non-hydrogen) atoms. The zero-order valence-electron chi connectivity index (χ0n) is 19.2. The van der Waals surface area contributed by atoms with Crippen LogP contribution in [0.3, 0.4) is 0 Å². The van der Waals surface area contributed by atoms with Gasteiger partial charge < -0.3 is 9.47 Å². The normalized spacial score (nSPS) is 14.4. The van der Waals surface area contributed by atoms with Crippen LogP contribution >= 0.6 is 23.4 Å². The Morgan fingerprint density at radius 3 is 2.50 bits per heavy atom. The van der Waals surface area contributed by atoms with Crippen molar-refractivity contribution in [2.45, 2.75) is 13.5 Å². The van der Waals surface area contributed by atoms with Crippen LogP contribution in [0.15, 0.2) is 71.6 Å². The highest BCUT2D eigenvalue weighted by Gasteiger charge is 2.36. The van der Waals surface area contributed by atoms with Gasteiger partial charge in [0, 0.05) is 16.1 Å². The van der Waals surface area contributed by atoms with Crippen LogP contribution in [0.25, 0.3) is 6.08 Å². The molecule has 0 atom stereocenters. The Morgan fingerprint density at radius 2 is 1.78 bits per heavy atom. The molecule has 1 heterocycles. The molecule has 1 fully saturated rings. The van der Waals surface area contributed by atoms with Crippen molar-refractivity contribution < 1.29 is 28.2 Å². The molecule has 4 rings (SSSR count). The Hall–Kier alpha value is -3.62. The Bertz CT molecular complexity index is 1340. The molecule has 2 amide bonds. The molecule has 0 bridgehead atoms. The predicted octanol–water partition coefficient (Wildman–Crippen LogP) is 6.38. The van der Waals surface area contributed by atoms with Crippen molar-refractivity contribution in [1.29, 1.82) is 0 Å². The number of imide groups is 1. The zero-order valence-corrected chi connectivity index (χ0v) is 20.8. The summed E-state index contributed by atoms with van der Waals surface area (Å²) in [5.74, 6) is -0.452. The number of ketones is 1. The minimum absolute atomic E-state index is 0.0205. The lowest BCUT2D eigenvalue weighted by Gasteiger charge is -2.13. The number of nitrogens with zero attached hydrogens (tertiary/aromatic N) is 1. The second-order valence-corrected chi connectivity index (χ2v) is 9.15. The molecular weight excluding hydrogens is 505 g/mol. The second-order valence-electron chi connectivity index (χ2n) is 7.72. The van der Waals surface area contributed by atoms with E-state index in [1.807, 2.05) is 6.92 Å². The van der Waals surface area contributed by atoms with Gasteiger partial charge in [-0.15, -0.1) is 0 Å². The molecule has 3 aromatic rings. The Morgan fingerprint density at radius 1 is 1.03 bits per heavy atom. The number of amides is 2. The molecule has 1 aliphatic heterocycles. The van der Waals surface area contributed by atoms with Gasteiger partial charge in [-0.2, -0.15) is 0 Å². The van der Waals surface area contributed by atoms with Crippen LogP contribution in [-0.2, 0) is 11.4 Å². The van der Waals surface area contributed by atoms with E-state index in [0.717, 1.165) is 16.7 Å². The monoisotopic (exact) mass is 525 g/mol. The fraction of sp³-hybridized carbons (Fsp3) is 0.148. The maximum atomic E-state index is 13.9. The summed E-state index contributed by atoms with van der Waals surface area (Å²) in [6.07, 6.45) is 1.56. The molecule has 0 N–H and O–H groups in total. The zero-order chi connectivity index (χ0) is 25.7. The van der Waals surface area contributed by atoms with Crippen molar-refractivity contribution in [3.05, 3.63) is 99.2 Å². The lowest BCUT2D eigenvalue weighted by Crippen LogP contribution is -2.33. The quantitative estimate of drug-likeness (QED) is 0.238. The summed E-state index contributed by atoms with van der Waals surface area (Å²) in [6, 6.07) is 17.6. The second kappa shape index (κ2) is 11.4. The summed E-state index contributed by atoms with van der Waals surface area (Å²) in [7, 11) is 0. The number of thioether (sulfide) groups is 1. The molecule has 1 aliphatic rings. The smallest absolute Gasteiger partial charge is 0.293 e. The number of ether oxygens (including phenoxy) is 2. The average molecular weight is 526 g/mol. The van der Waals surface area contributed by atoms with E-state index in [-0.39, 0.29) is 29.7 Å². The number of carbonyl (C=O) groups is 3. The van der Waals surface area contributed by atoms with Gasteiger partial charge in [0.25, 0.3) is 11.1 Å². The van der Waals surface area contributed by atoms with Gasteiger partial charge in [-0.3, -0.25) is 19.3 Å². The van der Waals surface area contributed by atoms with Crippen LogP contribution in [0.4, 0.5) is 9.18 Å². The molecule has 0 aliphatic carbocycles. The molecule has 9 heteroatoms. The number of Topliss-reactive ketones (excluding diaryl/α,β-unsaturated/α-hetero) is 1. The van der Waals surface area contributed by atoms with Gasteiger partial charge in [0.2, 0.25) is 0 Å². The van der Waals surface area contributed by atoms with E-state index in [1.54, 1.807) is 66.7 Å². The van der Waals surface area contributed by atoms with Crippen LogP contribution < -0.4 is 9.47 Å². The lowest BCUT2D eigenvalue weighted by atomic mass is 10.1. The fourth-order valence-corrected chi connectivity index (χ4v) is 4.40. The van der Waals surface area contributed by atoms with E-state index in [9.17, 15) is 18.8 Å². The van der Waals surface area contributed by atoms with Gasteiger partial charge in [0.05, 0.1) is 18.1 Å². The van der Waals surface area contributed by atoms with Crippen molar-refractivity contribution in [3.63, 3.8) is 0 Å². The SMILES string of the molecule is CCOc1cc(/C=C2/SC(=O)N(CC(=O)c3ccc(Cl)cc3)C2=O)ccc1OCc1ccccc1F. The molecule has 0 unspecified atom stereocenters. The van der Waals surface area contributed by atoms with Gasteiger partial charge in [0.1, 0.15) is 12.4 Å². The third-order valence-corrected chi connectivity index (χ3v) is 6.41.